The fraction of sp³-hybridized carbons (Fsp3) is 0.467. The number of rotatable bonds is 4. The molecule has 108 valence electrons. The number of nitrogens with zero attached hydrogens (tertiary/aromatic N) is 1. The number of carboxylic acids is 1. The lowest BCUT2D eigenvalue weighted by Gasteiger charge is -2.16. The molecule has 2 rings (SSSR count). The van der Waals surface area contributed by atoms with Crippen LogP contribution in [0.3, 0.4) is 0 Å². The van der Waals surface area contributed by atoms with E-state index >= 15 is 0 Å². The van der Waals surface area contributed by atoms with Gasteiger partial charge in [-0.25, -0.2) is 0 Å². The second-order valence-corrected chi connectivity index (χ2v) is 5.09. The highest BCUT2D eigenvalue weighted by Crippen LogP contribution is 2.25. The number of benzene rings is 1. The van der Waals surface area contributed by atoms with Gasteiger partial charge in [0.25, 0.3) is 5.91 Å². The molecule has 1 aliphatic rings. The molecule has 0 spiro atoms. The highest BCUT2D eigenvalue weighted by Gasteiger charge is 2.37. The normalized spacial score (nSPS) is 21.8. The van der Waals surface area contributed by atoms with Gasteiger partial charge in [-0.2, -0.15) is 0 Å². The van der Waals surface area contributed by atoms with Crippen LogP contribution in [0.25, 0.3) is 0 Å². The summed E-state index contributed by atoms with van der Waals surface area (Å²) >= 11 is 0. The van der Waals surface area contributed by atoms with Gasteiger partial charge in [0.05, 0.1) is 12.5 Å². The van der Waals surface area contributed by atoms with Gasteiger partial charge >= 0.3 is 5.97 Å². The number of hydrogen-bond donors (Lipinski definition) is 1. The molecule has 1 aromatic rings. The maximum absolute atomic E-state index is 12.3. The van der Waals surface area contributed by atoms with Gasteiger partial charge in [-0.3, -0.25) is 9.59 Å². The lowest BCUT2D eigenvalue weighted by Crippen LogP contribution is -2.29. The van der Waals surface area contributed by atoms with Crippen molar-refractivity contribution in [1.29, 1.82) is 0 Å². The minimum atomic E-state index is -0.834. The monoisotopic (exact) mass is 277 g/mol. The number of amides is 1. The molecule has 0 bridgehead atoms. The SMILES string of the molecule is CCOc1ccc(C(=O)N2C[C@@H](C)[C@H](C(=O)O)C2)cc1. The van der Waals surface area contributed by atoms with E-state index in [9.17, 15) is 9.59 Å². The third-order valence-corrected chi connectivity index (χ3v) is 3.63. The number of carbonyl (C=O) groups is 2. The van der Waals surface area contributed by atoms with E-state index < -0.39 is 11.9 Å². The van der Waals surface area contributed by atoms with Gasteiger partial charge in [0.1, 0.15) is 5.75 Å². The van der Waals surface area contributed by atoms with E-state index in [1.54, 1.807) is 29.2 Å². The second kappa shape index (κ2) is 5.94. The van der Waals surface area contributed by atoms with Crippen LogP contribution in [0.2, 0.25) is 0 Å². The second-order valence-electron chi connectivity index (χ2n) is 5.09. The molecule has 1 aromatic carbocycles. The molecule has 1 N–H and O–H groups in total. The molecule has 2 atom stereocenters. The molecule has 0 saturated carbocycles. The van der Waals surface area contributed by atoms with Gasteiger partial charge in [-0.05, 0) is 37.1 Å². The van der Waals surface area contributed by atoms with Gasteiger partial charge in [0, 0.05) is 18.7 Å². The average molecular weight is 277 g/mol. The van der Waals surface area contributed by atoms with Crippen LogP contribution < -0.4 is 4.74 Å². The first-order valence-corrected chi connectivity index (χ1v) is 6.78. The smallest absolute Gasteiger partial charge is 0.308 e. The van der Waals surface area contributed by atoms with Crippen molar-refractivity contribution in [2.75, 3.05) is 19.7 Å². The van der Waals surface area contributed by atoms with Gasteiger partial charge < -0.3 is 14.7 Å². The van der Waals surface area contributed by atoms with Gasteiger partial charge in [-0.15, -0.1) is 0 Å². The molecule has 0 unspecified atom stereocenters. The number of carbonyl (C=O) groups excluding carboxylic acids is 1. The Labute approximate surface area is 118 Å². The van der Waals surface area contributed by atoms with Crippen molar-refractivity contribution in [1.82, 2.24) is 4.90 Å². The number of hydrogen-bond acceptors (Lipinski definition) is 3. The number of likely N-dealkylation sites (tertiary alicyclic amines) is 1. The van der Waals surface area contributed by atoms with Crippen LogP contribution in [0.1, 0.15) is 24.2 Å². The summed E-state index contributed by atoms with van der Waals surface area (Å²) in [4.78, 5) is 25.0. The number of ether oxygens (including phenoxy) is 1. The van der Waals surface area contributed by atoms with Crippen LogP contribution in [0.15, 0.2) is 24.3 Å². The van der Waals surface area contributed by atoms with Crippen molar-refractivity contribution in [2.24, 2.45) is 11.8 Å². The molecule has 1 heterocycles. The Kier molecular flexibility index (Phi) is 4.27. The van der Waals surface area contributed by atoms with Gasteiger partial charge in [0.15, 0.2) is 0 Å². The lowest BCUT2D eigenvalue weighted by molar-refractivity contribution is -0.142. The van der Waals surface area contributed by atoms with E-state index in [1.165, 1.54) is 0 Å². The van der Waals surface area contributed by atoms with Crippen molar-refractivity contribution in [2.45, 2.75) is 13.8 Å². The summed E-state index contributed by atoms with van der Waals surface area (Å²) in [6.45, 7) is 5.11. The fourth-order valence-corrected chi connectivity index (χ4v) is 2.50. The van der Waals surface area contributed by atoms with E-state index in [4.69, 9.17) is 9.84 Å². The molecule has 5 heteroatoms. The summed E-state index contributed by atoms with van der Waals surface area (Å²) in [7, 11) is 0. The first-order chi connectivity index (χ1) is 9.52. The molecule has 20 heavy (non-hydrogen) atoms. The largest absolute Gasteiger partial charge is 0.494 e. The van der Waals surface area contributed by atoms with Crippen molar-refractivity contribution in [3.8, 4) is 5.75 Å². The maximum atomic E-state index is 12.3. The van der Waals surface area contributed by atoms with Crippen LogP contribution >= 0.6 is 0 Å². The van der Waals surface area contributed by atoms with Crippen molar-refractivity contribution < 1.29 is 19.4 Å². The minimum Gasteiger partial charge on any atom is -0.494 e. The highest BCUT2D eigenvalue weighted by molar-refractivity contribution is 5.95. The summed E-state index contributed by atoms with van der Waals surface area (Å²) in [5, 5.41) is 9.09. The Morgan fingerprint density at radius 2 is 1.95 bits per heavy atom. The van der Waals surface area contributed by atoms with Crippen LogP contribution in [0.5, 0.6) is 5.75 Å². The average Bonchev–Trinajstić information content (AvgIpc) is 2.81. The lowest BCUT2D eigenvalue weighted by atomic mass is 9.99. The van der Waals surface area contributed by atoms with Crippen molar-refractivity contribution >= 4 is 11.9 Å². The summed E-state index contributed by atoms with van der Waals surface area (Å²) in [5.41, 5.74) is 0.562. The topological polar surface area (TPSA) is 66.8 Å². The van der Waals surface area contributed by atoms with Gasteiger partial charge in [-0.1, -0.05) is 6.92 Å². The van der Waals surface area contributed by atoms with Crippen molar-refractivity contribution in [3.63, 3.8) is 0 Å². The summed E-state index contributed by atoms with van der Waals surface area (Å²) in [5.74, 6) is -0.716. The zero-order valence-corrected chi connectivity index (χ0v) is 11.7. The Hall–Kier alpha value is -2.04. The predicted octanol–water partition coefficient (Wildman–Crippen LogP) is 1.88. The van der Waals surface area contributed by atoms with E-state index in [0.717, 1.165) is 5.75 Å². The predicted molar refractivity (Wildman–Crippen MR) is 73.8 cm³/mol. The first kappa shape index (κ1) is 14.4. The van der Waals surface area contributed by atoms with E-state index in [1.807, 2.05) is 13.8 Å². The van der Waals surface area contributed by atoms with E-state index in [-0.39, 0.29) is 18.4 Å². The Bertz CT molecular complexity index is 497. The third kappa shape index (κ3) is 2.92. The summed E-state index contributed by atoms with van der Waals surface area (Å²) in [6.07, 6.45) is 0. The van der Waals surface area contributed by atoms with Crippen LogP contribution in [-0.2, 0) is 4.79 Å². The molecular formula is C15H19NO4. The molecule has 1 amide bonds. The third-order valence-electron chi connectivity index (χ3n) is 3.63. The van der Waals surface area contributed by atoms with Crippen LogP contribution in [-0.4, -0.2) is 41.6 Å². The standard InChI is InChI=1S/C15H19NO4/c1-3-20-12-6-4-11(5-7-12)14(17)16-8-10(2)13(9-16)15(18)19/h4-7,10,13H,3,8-9H2,1-2H3,(H,18,19)/t10-,13-/m1/s1. The maximum Gasteiger partial charge on any atom is 0.308 e. The van der Waals surface area contributed by atoms with Crippen LogP contribution in [0.4, 0.5) is 0 Å². The number of carboxylic acid groups (broad SMARTS) is 1. The highest BCUT2D eigenvalue weighted by atomic mass is 16.5. The summed E-state index contributed by atoms with van der Waals surface area (Å²) < 4.78 is 5.33. The summed E-state index contributed by atoms with van der Waals surface area (Å²) in [6, 6.07) is 6.94. The molecule has 5 nitrogen and oxygen atoms in total. The molecule has 0 radical (unpaired) electrons. The minimum absolute atomic E-state index is 0.0147. The molecular weight excluding hydrogens is 258 g/mol. The molecule has 1 fully saturated rings. The van der Waals surface area contributed by atoms with E-state index in [2.05, 4.69) is 0 Å². The zero-order valence-electron chi connectivity index (χ0n) is 11.7. The van der Waals surface area contributed by atoms with Crippen LogP contribution in [0, 0.1) is 11.8 Å². The van der Waals surface area contributed by atoms with E-state index in [0.29, 0.717) is 18.7 Å². The van der Waals surface area contributed by atoms with Gasteiger partial charge in [0.2, 0.25) is 0 Å². The first-order valence-electron chi connectivity index (χ1n) is 6.78. The van der Waals surface area contributed by atoms with Crippen molar-refractivity contribution in [3.05, 3.63) is 29.8 Å². The Balaban J connectivity index is 2.06. The molecule has 1 saturated heterocycles. The molecule has 1 aliphatic heterocycles. The Morgan fingerprint density at radius 1 is 1.30 bits per heavy atom. The quantitative estimate of drug-likeness (QED) is 0.912. The fourth-order valence-electron chi connectivity index (χ4n) is 2.50. The number of aliphatic carboxylic acids is 1. The zero-order chi connectivity index (χ0) is 14.7. The molecule has 0 aliphatic carbocycles. The molecule has 0 aromatic heterocycles. The Morgan fingerprint density at radius 3 is 2.45 bits per heavy atom.